The number of aromatic nitrogens is 3. The second kappa shape index (κ2) is 8.12. The van der Waals surface area contributed by atoms with Crippen LogP contribution in [0.3, 0.4) is 0 Å². The van der Waals surface area contributed by atoms with Crippen LogP contribution in [0.1, 0.15) is 10.4 Å². The van der Waals surface area contributed by atoms with Crippen molar-refractivity contribution in [2.24, 2.45) is 0 Å². The predicted octanol–water partition coefficient (Wildman–Crippen LogP) is 3.94. The van der Waals surface area contributed by atoms with Crippen molar-refractivity contribution in [3.8, 4) is 17.1 Å². The van der Waals surface area contributed by atoms with E-state index in [1.54, 1.807) is 43.8 Å². The summed E-state index contributed by atoms with van der Waals surface area (Å²) < 4.78 is 19.7. The Kier molecular flexibility index (Phi) is 5.21. The van der Waals surface area contributed by atoms with Crippen molar-refractivity contribution >= 4 is 28.3 Å². The summed E-state index contributed by atoms with van der Waals surface area (Å²) in [5.41, 5.74) is 1.57. The van der Waals surface area contributed by atoms with Crippen molar-refractivity contribution in [1.29, 1.82) is 0 Å². The monoisotopic (exact) mass is 403 g/mol. The van der Waals surface area contributed by atoms with Gasteiger partial charge < -0.3 is 15.4 Å². The average Bonchev–Trinajstić information content (AvgIpc) is 2.79. The number of methoxy groups -OCH3 is 1. The molecule has 2 heterocycles. The first kappa shape index (κ1) is 19.3. The Labute approximate surface area is 172 Å². The fourth-order valence-electron chi connectivity index (χ4n) is 3.07. The number of hydrogen-bond donors (Lipinski definition) is 2. The van der Waals surface area contributed by atoms with Crippen molar-refractivity contribution < 1.29 is 13.9 Å². The van der Waals surface area contributed by atoms with Gasteiger partial charge in [-0.1, -0.05) is 6.07 Å². The number of rotatable bonds is 5. The highest BCUT2D eigenvalue weighted by Gasteiger charge is 2.18. The first-order valence-electron chi connectivity index (χ1n) is 9.14. The molecular formula is C22H18FN5O2. The van der Waals surface area contributed by atoms with E-state index in [2.05, 4.69) is 25.6 Å². The number of anilines is 2. The Bertz CT molecular complexity index is 1230. The number of nitrogens with zero attached hydrogens (tertiary/aromatic N) is 3. The van der Waals surface area contributed by atoms with E-state index in [9.17, 15) is 9.18 Å². The number of amides is 1. The van der Waals surface area contributed by atoms with Crippen LogP contribution in [-0.2, 0) is 0 Å². The minimum atomic E-state index is -0.636. The van der Waals surface area contributed by atoms with E-state index < -0.39 is 11.7 Å². The summed E-state index contributed by atoms with van der Waals surface area (Å²) in [6.45, 7) is 0. The first-order valence-corrected chi connectivity index (χ1v) is 9.14. The molecule has 4 aromatic rings. The van der Waals surface area contributed by atoms with Crippen LogP contribution in [0.5, 0.6) is 5.75 Å². The number of nitrogens with one attached hydrogen (secondary N) is 2. The van der Waals surface area contributed by atoms with Gasteiger partial charge in [0.1, 0.15) is 17.4 Å². The molecule has 0 fully saturated rings. The molecule has 0 spiro atoms. The van der Waals surface area contributed by atoms with E-state index in [1.807, 2.05) is 12.1 Å². The molecule has 8 heteroatoms. The van der Waals surface area contributed by atoms with Crippen LogP contribution in [0, 0.1) is 5.82 Å². The summed E-state index contributed by atoms with van der Waals surface area (Å²) >= 11 is 0. The zero-order valence-electron chi connectivity index (χ0n) is 16.3. The van der Waals surface area contributed by atoms with Crippen molar-refractivity contribution in [2.75, 3.05) is 19.5 Å². The highest BCUT2D eigenvalue weighted by molar-refractivity contribution is 6.02. The van der Waals surface area contributed by atoms with E-state index >= 15 is 0 Å². The number of fused-ring (bicyclic) bond motifs is 1. The average molecular weight is 403 g/mol. The molecule has 1 amide bonds. The van der Waals surface area contributed by atoms with E-state index in [-0.39, 0.29) is 11.3 Å². The zero-order chi connectivity index (χ0) is 21.1. The topological polar surface area (TPSA) is 89.0 Å². The molecule has 150 valence electrons. The van der Waals surface area contributed by atoms with Gasteiger partial charge in [-0.3, -0.25) is 9.78 Å². The largest absolute Gasteiger partial charge is 0.497 e. The molecule has 2 N–H and O–H groups in total. The highest BCUT2D eigenvalue weighted by atomic mass is 19.1. The number of pyridine rings is 1. The van der Waals surface area contributed by atoms with E-state index in [4.69, 9.17) is 4.74 Å². The minimum absolute atomic E-state index is 0.0995. The molecule has 30 heavy (non-hydrogen) atoms. The van der Waals surface area contributed by atoms with E-state index in [0.717, 1.165) is 5.56 Å². The second-order valence-corrected chi connectivity index (χ2v) is 6.39. The third-order valence-electron chi connectivity index (χ3n) is 4.54. The number of ether oxygens (including phenoxy) is 1. The summed E-state index contributed by atoms with van der Waals surface area (Å²) in [5, 5.41) is 6.23. The van der Waals surface area contributed by atoms with Crippen molar-refractivity contribution in [2.45, 2.75) is 0 Å². The molecule has 7 nitrogen and oxygen atoms in total. The van der Waals surface area contributed by atoms with Gasteiger partial charge in [-0.2, -0.15) is 0 Å². The molecular weight excluding hydrogens is 385 g/mol. The Morgan fingerprint density at radius 1 is 1.10 bits per heavy atom. The quantitative estimate of drug-likeness (QED) is 0.525. The van der Waals surface area contributed by atoms with E-state index in [0.29, 0.717) is 28.3 Å². The summed E-state index contributed by atoms with van der Waals surface area (Å²) in [7, 11) is 3.01. The minimum Gasteiger partial charge on any atom is -0.497 e. The summed E-state index contributed by atoms with van der Waals surface area (Å²) in [6, 6.07) is 13.4. The fraction of sp³-hybridized carbons (Fsp3) is 0.0909. The van der Waals surface area contributed by atoms with E-state index in [1.165, 1.54) is 19.2 Å². The molecule has 0 aliphatic rings. The second-order valence-electron chi connectivity index (χ2n) is 6.39. The lowest BCUT2D eigenvalue weighted by Gasteiger charge is -2.14. The van der Waals surface area contributed by atoms with Crippen LogP contribution in [0.2, 0.25) is 0 Å². The van der Waals surface area contributed by atoms with Crippen LogP contribution < -0.4 is 15.4 Å². The normalized spacial score (nSPS) is 10.6. The maximum absolute atomic E-state index is 14.4. The SMILES string of the molecule is CNC(=O)c1c(F)cccc1Nc1nc(-c2cccnc2)nc2ccc(OC)cc12. The maximum Gasteiger partial charge on any atom is 0.256 e. The Balaban J connectivity index is 1.91. The van der Waals surface area contributed by atoms with Gasteiger partial charge in [0, 0.05) is 30.4 Å². The van der Waals surface area contributed by atoms with Gasteiger partial charge in [-0.15, -0.1) is 0 Å². The standard InChI is InChI=1S/C22H18FN5O2/c1-24-22(29)19-16(23)6-3-7-18(19)27-21-15-11-14(30-2)8-9-17(15)26-20(28-21)13-5-4-10-25-12-13/h3-12H,1-2H3,(H,24,29)(H,26,27,28). The van der Waals surface area contributed by atoms with Gasteiger partial charge in [0.25, 0.3) is 5.91 Å². The molecule has 0 aliphatic carbocycles. The number of benzene rings is 2. The van der Waals surface area contributed by atoms with Crippen LogP contribution in [0.25, 0.3) is 22.3 Å². The van der Waals surface area contributed by atoms with Crippen molar-refractivity contribution in [1.82, 2.24) is 20.3 Å². The number of carbonyl (C=O) groups is 1. The fourth-order valence-corrected chi connectivity index (χ4v) is 3.07. The highest BCUT2D eigenvalue weighted by Crippen LogP contribution is 2.31. The molecule has 0 atom stereocenters. The summed E-state index contributed by atoms with van der Waals surface area (Å²) in [4.78, 5) is 25.6. The zero-order valence-corrected chi connectivity index (χ0v) is 16.3. The molecule has 0 saturated heterocycles. The lowest BCUT2D eigenvalue weighted by atomic mass is 10.1. The molecule has 0 radical (unpaired) electrons. The Morgan fingerprint density at radius 2 is 1.97 bits per heavy atom. The third-order valence-corrected chi connectivity index (χ3v) is 4.54. The van der Waals surface area contributed by atoms with Gasteiger partial charge in [-0.25, -0.2) is 14.4 Å². The molecule has 0 unspecified atom stereocenters. The van der Waals surface area contributed by atoms with Crippen LogP contribution >= 0.6 is 0 Å². The lowest BCUT2D eigenvalue weighted by Crippen LogP contribution is -2.20. The first-order chi connectivity index (χ1) is 14.6. The van der Waals surface area contributed by atoms with Crippen LogP contribution in [-0.4, -0.2) is 35.0 Å². The van der Waals surface area contributed by atoms with Crippen LogP contribution in [0.15, 0.2) is 60.9 Å². The third kappa shape index (κ3) is 3.62. The lowest BCUT2D eigenvalue weighted by molar-refractivity contribution is 0.0960. The summed E-state index contributed by atoms with van der Waals surface area (Å²) in [6.07, 6.45) is 3.32. The predicted molar refractivity (Wildman–Crippen MR) is 112 cm³/mol. The van der Waals surface area contributed by atoms with Gasteiger partial charge in [0.15, 0.2) is 5.82 Å². The number of carbonyl (C=O) groups excluding carboxylic acids is 1. The van der Waals surface area contributed by atoms with Crippen LogP contribution in [0.4, 0.5) is 15.9 Å². The molecule has 0 saturated carbocycles. The van der Waals surface area contributed by atoms with Gasteiger partial charge in [-0.05, 0) is 42.5 Å². The number of halogens is 1. The van der Waals surface area contributed by atoms with Gasteiger partial charge in [0.2, 0.25) is 0 Å². The van der Waals surface area contributed by atoms with Crippen molar-refractivity contribution in [3.63, 3.8) is 0 Å². The Morgan fingerprint density at radius 3 is 2.70 bits per heavy atom. The van der Waals surface area contributed by atoms with Gasteiger partial charge in [0.05, 0.1) is 23.9 Å². The molecule has 4 rings (SSSR count). The molecule has 2 aromatic carbocycles. The summed E-state index contributed by atoms with van der Waals surface area (Å²) in [5.74, 6) is 0.297. The van der Waals surface area contributed by atoms with Gasteiger partial charge >= 0.3 is 0 Å². The smallest absolute Gasteiger partial charge is 0.256 e. The van der Waals surface area contributed by atoms with Crippen molar-refractivity contribution in [3.05, 3.63) is 72.3 Å². The maximum atomic E-state index is 14.4. The molecule has 2 aromatic heterocycles. The Hall–Kier alpha value is -4.07. The molecule has 0 aliphatic heterocycles. The molecule has 0 bridgehead atoms. The number of hydrogen-bond acceptors (Lipinski definition) is 6.